The molecule has 2 aromatic carbocycles. The molecule has 0 unspecified atom stereocenters. The quantitative estimate of drug-likeness (QED) is 0.352. The number of hydrogen-bond acceptors (Lipinski definition) is 3. The number of rotatable bonds is 5. The number of fused-ring (bicyclic) bond motifs is 1. The fraction of sp³-hybridized carbons (Fsp3) is 0.333. The summed E-state index contributed by atoms with van der Waals surface area (Å²) in [6.45, 7) is 10.0. The minimum Gasteiger partial charge on any atom is -0.268 e. The minimum absolute atomic E-state index is 0.127. The number of carbonyl (C=O) groups excluding carboxylic acids is 1. The molecule has 0 aliphatic heterocycles. The average molecular weight is 428 g/mol. The second-order valence-electron chi connectivity index (χ2n) is 9.92. The summed E-state index contributed by atoms with van der Waals surface area (Å²) in [4.78, 5) is 21.9. The third kappa shape index (κ3) is 4.33. The number of amides is 1. The zero-order valence-electron chi connectivity index (χ0n) is 19.1. The predicted molar refractivity (Wildman–Crippen MR) is 129 cm³/mol. The molecule has 1 amide bonds. The number of hydrogen-bond donors (Lipinski definition) is 0. The third-order valence-electron chi connectivity index (χ3n) is 6.70. The van der Waals surface area contributed by atoms with Gasteiger partial charge >= 0.3 is 5.91 Å². The van der Waals surface area contributed by atoms with Crippen molar-refractivity contribution in [3.63, 3.8) is 0 Å². The largest absolute Gasteiger partial charge is 0.316 e. The Morgan fingerprint density at radius 1 is 1.03 bits per heavy atom. The van der Waals surface area contributed by atoms with Gasteiger partial charge in [-0.25, -0.2) is 0 Å². The minimum atomic E-state index is -0.749. The first-order valence-electron chi connectivity index (χ1n) is 11.0. The van der Waals surface area contributed by atoms with Crippen LogP contribution in [-0.2, 0) is 17.4 Å². The molecule has 5 nitrogen and oxygen atoms in total. The second kappa shape index (κ2) is 8.30. The van der Waals surface area contributed by atoms with Gasteiger partial charge in [-0.3, -0.25) is 9.48 Å². The summed E-state index contributed by atoms with van der Waals surface area (Å²) in [6.07, 6.45) is 10.3. The van der Waals surface area contributed by atoms with Crippen molar-refractivity contribution in [2.45, 2.75) is 57.9 Å². The number of nitrogens with zero attached hydrogens (tertiary/aromatic N) is 3. The lowest BCUT2D eigenvalue weighted by atomic mass is 9.62. The average Bonchev–Trinajstić information content (AvgIpc) is 3.29. The zero-order valence-corrected chi connectivity index (χ0v) is 19.1. The molecule has 32 heavy (non-hydrogen) atoms. The van der Waals surface area contributed by atoms with E-state index in [-0.39, 0.29) is 10.8 Å². The molecule has 1 aliphatic carbocycles. The van der Waals surface area contributed by atoms with E-state index in [0.717, 1.165) is 12.0 Å². The number of aromatic nitrogens is 2. The lowest BCUT2D eigenvalue weighted by Crippen LogP contribution is -2.34. The molecule has 0 saturated heterocycles. The van der Waals surface area contributed by atoms with Crippen LogP contribution in [0, 0.1) is 4.91 Å². The second-order valence-corrected chi connectivity index (χ2v) is 9.92. The van der Waals surface area contributed by atoms with E-state index >= 15 is 0 Å². The van der Waals surface area contributed by atoms with Crippen LogP contribution in [0.5, 0.6) is 0 Å². The Balaban J connectivity index is 1.76. The van der Waals surface area contributed by atoms with Gasteiger partial charge in [0.05, 0.1) is 6.54 Å². The van der Waals surface area contributed by atoms with Crippen LogP contribution in [0.3, 0.4) is 0 Å². The Hall–Kier alpha value is -3.34. The van der Waals surface area contributed by atoms with Gasteiger partial charge in [-0.2, -0.15) is 5.10 Å². The molecule has 5 heteroatoms. The maximum Gasteiger partial charge on any atom is 0.316 e. The fourth-order valence-electron chi connectivity index (χ4n) is 4.51. The molecule has 1 heterocycles. The standard InChI is InChI=1S/C27H29N3O2/c1-26(2)12-13-27(3,4)24-17-22(18-30-15-5-14-28-30)21(16-23(24)26)11-8-19-6-9-20(10-7-19)25(31)29-32/h5-11,14-17H,12-13,18H2,1-4H3/b11-8+. The van der Waals surface area contributed by atoms with Crippen molar-refractivity contribution in [3.05, 3.63) is 93.1 Å². The smallest absolute Gasteiger partial charge is 0.268 e. The summed E-state index contributed by atoms with van der Waals surface area (Å²) in [5.74, 6) is -0.749. The summed E-state index contributed by atoms with van der Waals surface area (Å²) >= 11 is 0. The van der Waals surface area contributed by atoms with Gasteiger partial charge < -0.3 is 0 Å². The Morgan fingerprint density at radius 2 is 1.69 bits per heavy atom. The Kier molecular flexibility index (Phi) is 5.68. The molecular weight excluding hydrogens is 398 g/mol. The van der Waals surface area contributed by atoms with E-state index in [2.05, 4.69) is 56.2 Å². The van der Waals surface area contributed by atoms with Gasteiger partial charge in [-0.1, -0.05) is 64.1 Å². The van der Waals surface area contributed by atoms with Crippen LogP contribution in [-0.4, -0.2) is 15.7 Å². The van der Waals surface area contributed by atoms with E-state index in [1.165, 1.54) is 28.7 Å². The summed E-state index contributed by atoms with van der Waals surface area (Å²) < 4.78 is 1.95. The SMILES string of the molecule is CC1(C)CCC(C)(C)c2cc(Cn3cccn3)c(/C=C/c3ccc(C(=O)N=O)cc3)cc21. The van der Waals surface area contributed by atoms with Crippen molar-refractivity contribution < 1.29 is 4.79 Å². The highest BCUT2D eigenvalue weighted by atomic mass is 16.3. The maximum absolute atomic E-state index is 11.4. The Labute approximate surface area is 189 Å². The first-order valence-corrected chi connectivity index (χ1v) is 11.0. The van der Waals surface area contributed by atoms with Crippen LogP contribution in [0.15, 0.2) is 60.0 Å². The van der Waals surface area contributed by atoms with Gasteiger partial charge in [0, 0.05) is 23.1 Å². The van der Waals surface area contributed by atoms with Crippen molar-refractivity contribution >= 4 is 18.1 Å². The predicted octanol–water partition coefficient (Wildman–Crippen LogP) is 6.36. The van der Waals surface area contributed by atoms with Gasteiger partial charge in [0.25, 0.3) is 0 Å². The highest BCUT2D eigenvalue weighted by molar-refractivity contribution is 5.95. The number of nitroso groups, excluding NO2 is 1. The van der Waals surface area contributed by atoms with E-state index in [1.807, 2.05) is 35.2 Å². The lowest BCUT2D eigenvalue weighted by molar-refractivity contribution is 0.100. The van der Waals surface area contributed by atoms with Gasteiger partial charge in [-0.05, 0) is 69.7 Å². The molecule has 164 valence electrons. The summed E-state index contributed by atoms with van der Waals surface area (Å²) in [5, 5.41) is 6.89. The van der Waals surface area contributed by atoms with Gasteiger partial charge in [0.2, 0.25) is 0 Å². The van der Waals surface area contributed by atoms with Crippen molar-refractivity contribution in [2.24, 2.45) is 5.18 Å². The maximum atomic E-state index is 11.4. The molecule has 0 fully saturated rings. The molecule has 1 aromatic heterocycles. The fourth-order valence-corrected chi connectivity index (χ4v) is 4.51. The number of benzene rings is 2. The molecule has 0 bridgehead atoms. The molecule has 4 rings (SSSR count). The van der Waals surface area contributed by atoms with E-state index in [1.54, 1.807) is 18.3 Å². The summed E-state index contributed by atoms with van der Waals surface area (Å²) in [6, 6.07) is 13.6. The van der Waals surface area contributed by atoms with E-state index in [9.17, 15) is 9.70 Å². The third-order valence-corrected chi connectivity index (χ3v) is 6.70. The van der Waals surface area contributed by atoms with E-state index in [4.69, 9.17) is 0 Å². The summed E-state index contributed by atoms with van der Waals surface area (Å²) in [5.41, 5.74) is 6.76. The van der Waals surface area contributed by atoms with Crippen molar-refractivity contribution in [1.82, 2.24) is 9.78 Å². The zero-order chi connectivity index (χ0) is 22.9. The van der Waals surface area contributed by atoms with Crippen LogP contribution >= 0.6 is 0 Å². The van der Waals surface area contributed by atoms with Gasteiger partial charge in [0.15, 0.2) is 0 Å². The number of carbonyl (C=O) groups is 1. The molecule has 0 saturated carbocycles. The first-order chi connectivity index (χ1) is 15.2. The highest BCUT2D eigenvalue weighted by Crippen LogP contribution is 2.46. The Morgan fingerprint density at radius 3 is 2.28 bits per heavy atom. The van der Waals surface area contributed by atoms with Crippen molar-refractivity contribution in [1.29, 1.82) is 0 Å². The molecule has 0 N–H and O–H groups in total. The molecule has 1 aliphatic rings. The van der Waals surface area contributed by atoms with Crippen LogP contribution < -0.4 is 0 Å². The molecule has 0 atom stereocenters. The van der Waals surface area contributed by atoms with Crippen LogP contribution in [0.25, 0.3) is 12.2 Å². The topological polar surface area (TPSA) is 64.3 Å². The van der Waals surface area contributed by atoms with Crippen LogP contribution in [0.4, 0.5) is 0 Å². The normalized spacial score (nSPS) is 16.6. The van der Waals surface area contributed by atoms with E-state index in [0.29, 0.717) is 12.1 Å². The molecule has 0 radical (unpaired) electrons. The van der Waals surface area contributed by atoms with E-state index < -0.39 is 5.91 Å². The molecule has 3 aromatic rings. The first kappa shape index (κ1) is 21.9. The van der Waals surface area contributed by atoms with Gasteiger partial charge in [0.1, 0.15) is 0 Å². The lowest BCUT2D eigenvalue weighted by Gasteiger charge is -2.42. The molecular formula is C27H29N3O2. The van der Waals surface area contributed by atoms with Crippen molar-refractivity contribution in [3.8, 4) is 0 Å². The van der Waals surface area contributed by atoms with Crippen LogP contribution in [0.1, 0.15) is 78.7 Å². The highest BCUT2D eigenvalue weighted by Gasteiger charge is 2.37. The Bertz CT molecular complexity index is 1170. The summed E-state index contributed by atoms with van der Waals surface area (Å²) in [7, 11) is 0. The van der Waals surface area contributed by atoms with Crippen molar-refractivity contribution in [2.75, 3.05) is 0 Å². The molecule has 0 spiro atoms. The van der Waals surface area contributed by atoms with Crippen LogP contribution in [0.2, 0.25) is 0 Å². The van der Waals surface area contributed by atoms with Gasteiger partial charge in [-0.15, -0.1) is 4.91 Å². The monoisotopic (exact) mass is 427 g/mol.